The zero-order valence-corrected chi connectivity index (χ0v) is 9.06. The average molecular weight is 242 g/mol. The van der Waals surface area contributed by atoms with Crippen molar-refractivity contribution in [1.29, 1.82) is 0 Å². The lowest BCUT2D eigenvalue weighted by molar-refractivity contribution is -0.384. The van der Waals surface area contributed by atoms with E-state index >= 15 is 0 Å². The summed E-state index contributed by atoms with van der Waals surface area (Å²) in [6, 6.07) is 2.46. The van der Waals surface area contributed by atoms with E-state index in [1.54, 1.807) is 6.92 Å². The van der Waals surface area contributed by atoms with Crippen LogP contribution in [0.15, 0.2) is 24.3 Å². The zero-order chi connectivity index (χ0) is 12.1. The van der Waals surface area contributed by atoms with Crippen LogP contribution in [0.3, 0.4) is 0 Å². The van der Waals surface area contributed by atoms with Crippen molar-refractivity contribution in [2.24, 2.45) is 0 Å². The summed E-state index contributed by atoms with van der Waals surface area (Å²) in [5.74, 6) is -0.666. The Morgan fingerprint density at radius 2 is 2.31 bits per heavy atom. The number of allylic oxidation sites excluding steroid dienone is 1. The van der Waals surface area contributed by atoms with E-state index in [1.807, 2.05) is 0 Å². The molecule has 0 radical (unpaired) electrons. The zero-order valence-electron chi connectivity index (χ0n) is 8.31. The molecule has 1 aromatic rings. The number of hydrogen-bond donors (Lipinski definition) is 1. The first-order valence-corrected chi connectivity index (χ1v) is 4.67. The number of aromatic nitrogens is 1. The van der Waals surface area contributed by atoms with Crippen LogP contribution in [-0.4, -0.2) is 15.8 Å². The van der Waals surface area contributed by atoms with Crippen LogP contribution in [0.1, 0.15) is 6.92 Å². The largest absolute Gasteiger partial charge is 0.311 e. The number of hydrogen-bond acceptors (Lipinski definition) is 4. The van der Waals surface area contributed by atoms with Crippen molar-refractivity contribution >= 4 is 29.0 Å². The highest BCUT2D eigenvalue weighted by Gasteiger charge is 2.16. The normalized spacial score (nSPS) is 10.4. The molecule has 0 aliphatic rings. The number of carbonyl (C=O) groups excluding carboxylic acids is 1. The topological polar surface area (TPSA) is 85.1 Å². The second-order valence-corrected chi connectivity index (χ2v) is 3.14. The Morgan fingerprint density at radius 3 is 2.88 bits per heavy atom. The molecule has 0 fully saturated rings. The van der Waals surface area contributed by atoms with Crippen LogP contribution in [0.2, 0.25) is 5.15 Å². The summed E-state index contributed by atoms with van der Waals surface area (Å²) in [6.45, 7) is 1.65. The first kappa shape index (κ1) is 12.1. The summed E-state index contributed by atoms with van der Waals surface area (Å²) in [5.41, 5.74) is -0.303. The van der Waals surface area contributed by atoms with Gasteiger partial charge in [0, 0.05) is 6.07 Å². The second-order valence-electron chi connectivity index (χ2n) is 2.75. The maximum Gasteiger partial charge on any atom is 0.311 e. The van der Waals surface area contributed by atoms with Crippen molar-refractivity contribution in [3.63, 3.8) is 0 Å². The van der Waals surface area contributed by atoms with E-state index in [0.29, 0.717) is 0 Å². The van der Waals surface area contributed by atoms with Gasteiger partial charge in [-0.05, 0) is 19.1 Å². The van der Waals surface area contributed by atoms with Crippen molar-refractivity contribution in [2.75, 3.05) is 5.32 Å². The molecule has 0 saturated heterocycles. The van der Waals surface area contributed by atoms with Gasteiger partial charge in [-0.1, -0.05) is 17.7 Å². The van der Waals surface area contributed by atoms with Crippen molar-refractivity contribution in [3.05, 3.63) is 39.6 Å². The lowest BCUT2D eigenvalue weighted by atomic mass is 10.4. The maximum atomic E-state index is 11.2. The first-order valence-electron chi connectivity index (χ1n) is 4.29. The minimum absolute atomic E-state index is 0.0707. The van der Waals surface area contributed by atoms with E-state index in [2.05, 4.69) is 10.3 Å². The van der Waals surface area contributed by atoms with E-state index in [-0.39, 0.29) is 16.7 Å². The molecule has 1 rings (SSSR count). The minimum atomic E-state index is -0.644. The summed E-state index contributed by atoms with van der Waals surface area (Å²) < 4.78 is 0. The van der Waals surface area contributed by atoms with E-state index in [9.17, 15) is 14.9 Å². The van der Waals surface area contributed by atoms with Crippen molar-refractivity contribution in [3.8, 4) is 0 Å². The molecule has 0 atom stereocenters. The van der Waals surface area contributed by atoms with E-state index in [0.717, 1.165) is 0 Å². The maximum absolute atomic E-state index is 11.2. The first-order chi connectivity index (χ1) is 7.54. The van der Waals surface area contributed by atoms with Crippen LogP contribution in [0, 0.1) is 10.1 Å². The molecule has 0 aliphatic heterocycles. The summed E-state index contributed by atoms with van der Waals surface area (Å²) in [7, 11) is 0. The van der Waals surface area contributed by atoms with Crippen LogP contribution >= 0.6 is 11.6 Å². The molecule has 0 aromatic carbocycles. The van der Waals surface area contributed by atoms with Crippen LogP contribution in [-0.2, 0) is 4.79 Å². The molecule has 6 nitrogen and oxygen atoms in total. The molecule has 0 aliphatic carbocycles. The van der Waals surface area contributed by atoms with Crippen molar-refractivity contribution < 1.29 is 9.72 Å². The number of amides is 1. The Hall–Kier alpha value is -1.95. The minimum Gasteiger partial charge on any atom is -0.301 e. The van der Waals surface area contributed by atoms with Crippen LogP contribution in [0.4, 0.5) is 11.5 Å². The molecule has 1 amide bonds. The molecule has 1 N–H and O–H groups in total. The molecule has 0 bridgehead atoms. The van der Waals surface area contributed by atoms with Gasteiger partial charge in [0.25, 0.3) is 0 Å². The predicted molar refractivity (Wildman–Crippen MR) is 59.3 cm³/mol. The molecule has 84 valence electrons. The Kier molecular flexibility index (Phi) is 3.96. The third-order valence-corrected chi connectivity index (χ3v) is 1.81. The predicted octanol–water partition coefficient (Wildman–Crippen LogP) is 2.16. The standard InChI is InChI=1S/C9H8ClN3O3/c1-2-3-8(14)12-9-6(13(15)16)4-5-7(10)11-9/h2-5H,1H3,(H,11,12,14)/b3-2+. The third kappa shape index (κ3) is 3.03. The van der Waals surface area contributed by atoms with E-state index < -0.39 is 10.8 Å². The summed E-state index contributed by atoms with van der Waals surface area (Å²) >= 11 is 5.58. The van der Waals surface area contributed by atoms with Gasteiger partial charge in [-0.2, -0.15) is 0 Å². The van der Waals surface area contributed by atoms with E-state index in [1.165, 1.54) is 24.3 Å². The Balaban J connectivity index is 3.05. The third-order valence-electron chi connectivity index (χ3n) is 1.60. The molecular weight excluding hydrogens is 234 g/mol. The van der Waals surface area contributed by atoms with Crippen LogP contribution < -0.4 is 5.32 Å². The molecule has 0 spiro atoms. The molecule has 0 saturated carbocycles. The van der Waals surface area contributed by atoms with Crippen LogP contribution in [0.25, 0.3) is 0 Å². The number of nitrogens with zero attached hydrogens (tertiary/aromatic N) is 2. The summed E-state index contributed by atoms with van der Waals surface area (Å²) in [4.78, 5) is 24.9. The van der Waals surface area contributed by atoms with Crippen molar-refractivity contribution in [2.45, 2.75) is 6.92 Å². The van der Waals surface area contributed by atoms with Gasteiger partial charge in [0.2, 0.25) is 11.7 Å². The fourth-order valence-corrected chi connectivity index (χ4v) is 1.12. The van der Waals surface area contributed by atoms with Crippen LogP contribution in [0.5, 0.6) is 0 Å². The number of carbonyl (C=O) groups is 1. The molecule has 16 heavy (non-hydrogen) atoms. The number of rotatable bonds is 3. The fraction of sp³-hybridized carbons (Fsp3) is 0.111. The molecule has 1 aromatic heterocycles. The second kappa shape index (κ2) is 5.22. The Labute approximate surface area is 96.1 Å². The van der Waals surface area contributed by atoms with Gasteiger partial charge >= 0.3 is 5.69 Å². The van der Waals surface area contributed by atoms with Gasteiger partial charge in [-0.3, -0.25) is 14.9 Å². The van der Waals surface area contributed by atoms with Gasteiger partial charge in [-0.25, -0.2) is 4.98 Å². The van der Waals surface area contributed by atoms with Gasteiger partial charge in [0.1, 0.15) is 5.15 Å². The quantitative estimate of drug-likeness (QED) is 0.380. The molecule has 7 heteroatoms. The lowest BCUT2D eigenvalue weighted by Gasteiger charge is -2.02. The number of pyridine rings is 1. The molecule has 0 unspecified atom stereocenters. The number of nitrogens with one attached hydrogen (secondary N) is 1. The summed E-state index contributed by atoms with van der Waals surface area (Å²) in [6.07, 6.45) is 2.73. The van der Waals surface area contributed by atoms with E-state index in [4.69, 9.17) is 11.6 Å². The monoisotopic (exact) mass is 241 g/mol. The Morgan fingerprint density at radius 1 is 1.62 bits per heavy atom. The van der Waals surface area contributed by atoms with Gasteiger partial charge < -0.3 is 5.32 Å². The lowest BCUT2D eigenvalue weighted by Crippen LogP contribution is -2.11. The smallest absolute Gasteiger partial charge is 0.301 e. The Bertz CT molecular complexity index is 459. The number of nitro groups is 1. The highest BCUT2D eigenvalue weighted by atomic mass is 35.5. The fourth-order valence-electron chi connectivity index (χ4n) is 0.977. The van der Waals surface area contributed by atoms with Crippen molar-refractivity contribution in [1.82, 2.24) is 4.98 Å². The van der Waals surface area contributed by atoms with Gasteiger partial charge in [-0.15, -0.1) is 0 Å². The average Bonchev–Trinajstić information content (AvgIpc) is 2.17. The molecular formula is C9H8ClN3O3. The van der Waals surface area contributed by atoms with Gasteiger partial charge in [0.15, 0.2) is 0 Å². The highest BCUT2D eigenvalue weighted by Crippen LogP contribution is 2.23. The number of halogens is 1. The SMILES string of the molecule is C/C=C/C(=O)Nc1nc(Cl)ccc1[N+](=O)[O-]. The molecule has 1 heterocycles. The number of anilines is 1. The highest BCUT2D eigenvalue weighted by molar-refractivity contribution is 6.29. The van der Waals surface area contributed by atoms with Gasteiger partial charge in [0.05, 0.1) is 4.92 Å². The summed E-state index contributed by atoms with van der Waals surface area (Å²) in [5, 5.41) is 13.0.